The summed E-state index contributed by atoms with van der Waals surface area (Å²) in [5.74, 6) is 0.511. The number of nitrogens with one attached hydrogen (secondary N) is 1. The molecule has 1 amide bonds. The Balaban J connectivity index is 1.70. The second-order valence-corrected chi connectivity index (χ2v) is 7.82. The van der Waals surface area contributed by atoms with Gasteiger partial charge in [0, 0.05) is 7.11 Å². The monoisotopic (exact) mass is 373 g/mol. The highest BCUT2D eigenvalue weighted by atomic mass is 17.2. The molecule has 4 rings (SSSR count). The molecule has 1 aliphatic carbocycles. The fraction of sp³-hybridized carbons (Fsp3) is 0.571. The van der Waals surface area contributed by atoms with Gasteiger partial charge in [-0.25, -0.2) is 0 Å². The molecular weight excluding hydrogens is 346 g/mol. The summed E-state index contributed by atoms with van der Waals surface area (Å²) in [7, 11) is 1.74. The molecule has 146 valence electrons. The van der Waals surface area contributed by atoms with Crippen LogP contribution in [0, 0.1) is 13.8 Å². The van der Waals surface area contributed by atoms with Gasteiger partial charge in [0.2, 0.25) is 0 Å². The highest BCUT2D eigenvalue weighted by Crippen LogP contribution is 2.44. The Kier molecular flexibility index (Phi) is 4.97. The molecule has 1 aromatic rings. The van der Waals surface area contributed by atoms with Crippen LogP contribution in [0.25, 0.3) is 5.57 Å². The van der Waals surface area contributed by atoms with Crippen molar-refractivity contribution in [3.05, 3.63) is 40.6 Å². The van der Waals surface area contributed by atoms with Crippen molar-refractivity contribution >= 4 is 11.5 Å². The van der Waals surface area contributed by atoms with Crippen molar-refractivity contribution < 1.29 is 24.0 Å². The number of hydrogen-bond acceptors (Lipinski definition) is 5. The lowest BCUT2D eigenvalue weighted by atomic mass is 9.79. The summed E-state index contributed by atoms with van der Waals surface area (Å²) in [6, 6.07) is 6.12. The third-order valence-corrected chi connectivity index (χ3v) is 5.82. The van der Waals surface area contributed by atoms with Crippen LogP contribution in [0.4, 0.5) is 0 Å². The molecule has 1 N–H and O–H groups in total. The summed E-state index contributed by atoms with van der Waals surface area (Å²) in [4.78, 5) is 24.3. The third kappa shape index (κ3) is 3.61. The minimum atomic E-state index is -0.526. The largest absolute Gasteiger partial charge is 0.381 e. The van der Waals surface area contributed by atoms with E-state index in [2.05, 4.69) is 5.32 Å². The number of carbonyl (C=O) groups is 1. The van der Waals surface area contributed by atoms with Crippen LogP contribution in [0.3, 0.4) is 0 Å². The maximum atomic E-state index is 13.0. The van der Waals surface area contributed by atoms with Gasteiger partial charge >= 0.3 is 0 Å². The molecule has 2 aliphatic heterocycles. The number of rotatable bonds is 6. The number of epoxide rings is 1. The molecule has 1 saturated carbocycles. The van der Waals surface area contributed by atoms with E-state index in [0.29, 0.717) is 24.5 Å². The molecule has 2 heterocycles. The van der Waals surface area contributed by atoms with Crippen molar-refractivity contribution in [2.24, 2.45) is 0 Å². The number of carbonyl (C=O) groups excluding carboxylic acids is 1. The second-order valence-electron chi connectivity index (χ2n) is 7.82. The van der Waals surface area contributed by atoms with Crippen LogP contribution in [0.1, 0.15) is 42.4 Å². The Bertz CT molecular complexity index is 760. The van der Waals surface area contributed by atoms with E-state index in [0.717, 1.165) is 42.4 Å². The predicted molar refractivity (Wildman–Crippen MR) is 99.8 cm³/mol. The summed E-state index contributed by atoms with van der Waals surface area (Å²) >= 11 is 0. The molecule has 1 unspecified atom stereocenters. The normalized spacial score (nSPS) is 30.0. The number of amides is 1. The van der Waals surface area contributed by atoms with E-state index in [9.17, 15) is 4.79 Å². The van der Waals surface area contributed by atoms with Gasteiger partial charge < -0.3 is 19.7 Å². The van der Waals surface area contributed by atoms with Gasteiger partial charge in [0.05, 0.1) is 18.3 Å². The quantitative estimate of drug-likeness (QED) is 0.472. The van der Waals surface area contributed by atoms with Crippen molar-refractivity contribution in [2.45, 2.75) is 57.3 Å². The zero-order valence-electron chi connectivity index (χ0n) is 16.2. The van der Waals surface area contributed by atoms with E-state index >= 15 is 0 Å². The molecule has 1 spiro atoms. The van der Waals surface area contributed by atoms with Gasteiger partial charge in [-0.3, -0.25) is 4.79 Å². The number of hydrogen-bond donors (Lipinski definition) is 1. The van der Waals surface area contributed by atoms with E-state index < -0.39 is 5.54 Å². The molecule has 1 saturated heterocycles. The molecule has 0 bridgehead atoms. The second kappa shape index (κ2) is 7.26. The van der Waals surface area contributed by atoms with E-state index in [1.165, 1.54) is 0 Å². The first-order chi connectivity index (χ1) is 13.0. The van der Waals surface area contributed by atoms with Gasteiger partial charge in [-0.15, -0.1) is 0 Å². The van der Waals surface area contributed by atoms with Gasteiger partial charge in [-0.05, 0) is 50.7 Å². The summed E-state index contributed by atoms with van der Waals surface area (Å²) in [6.07, 6.45) is 3.60. The van der Waals surface area contributed by atoms with Gasteiger partial charge in [0.15, 0.2) is 5.76 Å². The van der Waals surface area contributed by atoms with Crippen molar-refractivity contribution in [2.75, 3.05) is 20.3 Å². The molecule has 0 radical (unpaired) electrons. The minimum absolute atomic E-state index is 0.0964. The maximum absolute atomic E-state index is 13.0. The minimum Gasteiger partial charge on any atom is -0.381 e. The molecular formula is C21H27NO5. The van der Waals surface area contributed by atoms with Crippen LogP contribution < -0.4 is 5.32 Å². The van der Waals surface area contributed by atoms with E-state index in [1.807, 2.05) is 32.0 Å². The zero-order chi connectivity index (χ0) is 19.0. The number of benzene rings is 1. The molecule has 27 heavy (non-hydrogen) atoms. The van der Waals surface area contributed by atoms with Crippen LogP contribution >= 0.6 is 0 Å². The highest BCUT2D eigenvalue weighted by Gasteiger charge is 2.50. The Morgan fingerprint density at radius 1 is 1.26 bits per heavy atom. The topological polar surface area (TPSA) is 69.3 Å². The summed E-state index contributed by atoms with van der Waals surface area (Å²) < 4.78 is 10.7. The Labute approximate surface area is 159 Å². The Hall–Kier alpha value is -1.89. The standard InChI is InChI=1S/C21H27NO5/c1-13-4-5-14(2)17(10-13)18-19(27-26-12-16-11-25-16)21(22-20(18)23)8-6-15(24-3)7-9-21/h4-5,10,15-16H,6-9,11-12H2,1-3H3,(H,22,23). The van der Waals surface area contributed by atoms with Crippen LogP contribution in [-0.4, -0.2) is 44.0 Å². The molecule has 6 nitrogen and oxygen atoms in total. The fourth-order valence-electron chi connectivity index (χ4n) is 4.06. The van der Waals surface area contributed by atoms with Crippen LogP contribution in [0.15, 0.2) is 24.0 Å². The van der Waals surface area contributed by atoms with E-state index in [1.54, 1.807) is 7.11 Å². The average molecular weight is 373 g/mol. The van der Waals surface area contributed by atoms with Gasteiger partial charge in [0.1, 0.15) is 18.2 Å². The number of aryl methyl sites for hydroxylation is 2. The zero-order valence-corrected chi connectivity index (χ0v) is 16.2. The lowest BCUT2D eigenvalue weighted by Crippen LogP contribution is -2.48. The average Bonchev–Trinajstić information content (AvgIpc) is 3.44. The summed E-state index contributed by atoms with van der Waals surface area (Å²) in [5, 5.41) is 3.21. The van der Waals surface area contributed by atoms with Gasteiger partial charge in [-0.1, -0.05) is 23.8 Å². The molecule has 3 aliphatic rings. The highest BCUT2D eigenvalue weighted by molar-refractivity contribution is 6.23. The summed E-state index contributed by atoms with van der Waals surface area (Å²) in [5.41, 5.74) is 3.11. The first kappa shape index (κ1) is 18.5. The van der Waals surface area contributed by atoms with Crippen molar-refractivity contribution in [3.8, 4) is 0 Å². The van der Waals surface area contributed by atoms with Crippen LogP contribution in [-0.2, 0) is 24.0 Å². The first-order valence-corrected chi connectivity index (χ1v) is 9.61. The third-order valence-electron chi connectivity index (χ3n) is 5.82. The first-order valence-electron chi connectivity index (χ1n) is 9.61. The fourth-order valence-corrected chi connectivity index (χ4v) is 4.06. The molecule has 1 aromatic carbocycles. The van der Waals surface area contributed by atoms with E-state index in [4.69, 9.17) is 19.2 Å². The maximum Gasteiger partial charge on any atom is 0.256 e. The Morgan fingerprint density at radius 2 is 2.00 bits per heavy atom. The van der Waals surface area contributed by atoms with Crippen molar-refractivity contribution in [3.63, 3.8) is 0 Å². The van der Waals surface area contributed by atoms with Crippen molar-refractivity contribution in [1.29, 1.82) is 0 Å². The van der Waals surface area contributed by atoms with Gasteiger partial charge in [-0.2, -0.15) is 4.89 Å². The predicted octanol–water partition coefficient (Wildman–Crippen LogP) is 2.82. The summed E-state index contributed by atoms with van der Waals surface area (Å²) in [6.45, 7) is 5.11. The number of ether oxygens (including phenoxy) is 2. The van der Waals surface area contributed by atoms with Crippen LogP contribution in [0.2, 0.25) is 0 Å². The van der Waals surface area contributed by atoms with E-state index in [-0.39, 0.29) is 18.1 Å². The molecule has 6 heteroatoms. The van der Waals surface area contributed by atoms with Gasteiger partial charge in [0.25, 0.3) is 5.91 Å². The molecule has 0 aromatic heterocycles. The lowest BCUT2D eigenvalue weighted by Gasteiger charge is -2.37. The number of methoxy groups -OCH3 is 1. The molecule has 2 fully saturated rings. The van der Waals surface area contributed by atoms with Crippen LogP contribution in [0.5, 0.6) is 0 Å². The SMILES string of the molecule is COC1CCC2(CC1)NC(=O)C(c1cc(C)ccc1C)=C2OOCC1CO1. The molecule has 1 atom stereocenters. The Morgan fingerprint density at radius 3 is 2.67 bits per heavy atom. The lowest BCUT2D eigenvalue weighted by molar-refractivity contribution is -0.271. The smallest absolute Gasteiger partial charge is 0.256 e. The van der Waals surface area contributed by atoms with Crippen molar-refractivity contribution in [1.82, 2.24) is 5.32 Å².